The molecule has 3 aromatic heterocycles. The van der Waals surface area contributed by atoms with Crippen LogP contribution in [0.5, 0.6) is 0 Å². The van der Waals surface area contributed by atoms with Crippen LogP contribution in [-0.2, 0) is 16.0 Å². The predicted octanol–water partition coefficient (Wildman–Crippen LogP) is 5.80. The Morgan fingerprint density at radius 1 is 0.958 bits per heavy atom. The van der Waals surface area contributed by atoms with Gasteiger partial charge >= 0.3 is 0 Å². The maximum absolute atomic E-state index is 13.8. The lowest BCUT2D eigenvalue weighted by Gasteiger charge is -2.33. The zero-order chi connectivity index (χ0) is 33.1. The number of aromatic amines is 1. The molecule has 0 saturated carbocycles. The van der Waals surface area contributed by atoms with Gasteiger partial charge in [-0.1, -0.05) is 31.2 Å². The third-order valence-electron chi connectivity index (χ3n) is 9.80. The number of likely N-dealkylation sites (tertiary alicyclic amines) is 2. The fourth-order valence-corrected chi connectivity index (χ4v) is 7.76. The number of thioether (sulfide) groups is 1. The molecule has 0 aliphatic carbocycles. The Kier molecular flexibility index (Phi) is 9.23. The van der Waals surface area contributed by atoms with Crippen molar-refractivity contribution in [3.05, 3.63) is 90.5 Å². The molecule has 0 bridgehead atoms. The number of carbonyl (C=O) groups excluding carboxylic acids is 2. The third kappa shape index (κ3) is 6.57. The standard InChI is InChI=1S/C37H40N8O2S/c1-3-29-21-28(11-17-38-29)34-31-22-30(9-10-32(31)42-43-34)41-36(47)37(48-2)14-20-44(24-37)23-33(46)45-18-12-26(13-19-45)25-5-7-27(8-6-25)35-39-15-4-16-40-35/h4-11,15-17,21-22,26H,3,12-14,18-20,23-24H2,1-2H3,(H,41,47)(H,42,43)/t37-/m0/s1. The second-order valence-electron chi connectivity index (χ2n) is 12.7. The van der Waals surface area contributed by atoms with Gasteiger partial charge in [0, 0.05) is 72.7 Å². The van der Waals surface area contributed by atoms with Crippen LogP contribution in [0.1, 0.15) is 43.4 Å². The number of rotatable bonds is 9. The van der Waals surface area contributed by atoms with E-state index in [0.717, 1.165) is 77.3 Å². The van der Waals surface area contributed by atoms with Gasteiger partial charge in [-0.15, -0.1) is 11.8 Å². The topological polar surface area (TPSA) is 120 Å². The zero-order valence-electron chi connectivity index (χ0n) is 27.4. The van der Waals surface area contributed by atoms with Crippen molar-refractivity contribution in [3.8, 4) is 22.6 Å². The lowest BCUT2D eigenvalue weighted by molar-refractivity contribution is -0.133. The quantitative estimate of drug-likeness (QED) is 0.204. The van der Waals surface area contributed by atoms with E-state index in [1.807, 2.05) is 47.7 Å². The van der Waals surface area contributed by atoms with E-state index >= 15 is 0 Å². The van der Waals surface area contributed by atoms with Crippen molar-refractivity contribution < 1.29 is 9.59 Å². The van der Waals surface area contributed by atoms with Gasteiger partial charge in [0.1, 0.15) is 10.4 Å². The first kappa shape index (κ1) is 32.0. The van der Waals surface area contributed by atoms with Crippen LogP contribution in [0.2, 0.25) is 0 Å². The van der Waals surface area contributed by atoms with Crippen molar-refractivity contribution in [2.75, 3.05) is 44.3 Å². The first-order valence-electron chi connectivity index (χ1n) is 16.6. The molecule has 11 heteroatoms. The molecule has 7 rings (SSSR count). The van der Waals surface area contributed by atoms with E-state index in [2.05, 4.69) is 72.6 Å². The number of hydrogen-bond acceptors (Lipinski definition) is 8. The molecule has 2 aliphatic heterocycles. The second kappa shape index (κ2) is 13.9. The van der Waals surface area contributed by atoms with Gasteiger partial charge in [-0.05, 0) is 79.8 Å². The molecule has 0 radical (unpaired) electrons. The Bertz CT molecular complexity index is 1910. The highest BCUT2D eigenvalue weighted by Crippen LogP contribution is 2.36. The van der Waals surface area contributed by atoms with Crippen molar-refractivity contribution >= 4 is 40.2 Å². The average Bonchev–Trinajstić information content (AvgIpc) is 3.77. The largest absolute Gasteiger partial charge is 0.342 e. The molecule has 5 heterocycles. The fourth-order valence-electron chi connectivity index (χ4n) is 6.92. The van der Waals surface area contributed by atoms with E-state index in [1.165, 1.54) is 5.56 Å². The maximum atomic E-state index is 13.8. The Morgan fingerprint density at radius 3 is 2.50 bits per heavy atom. The van der Waals surface area contributed by atoms with Crippen LogP contribution in [0.3, 0.4) is 0 Å². The molecule has 2 saturated heterocycles. The summed E-state index contributed by atoms with van der Waals surface area (Å²) >= 11 is 1.57. The Hall–Kier alpha value is -4.61. The molecule has 1 atom stereocenters. The molecule has 0 spiro atoms. The molecular weight excluding hydrogens is 621 g/mol. The van der Waals surface area contributed by atoms with Crippen molar-refractivity contribution in [3.63, 3.8) is 0 Å². The Balaban J connectivity index is 0.943. The fraction of sp³-hybridized carbons (Fsp3) is 0.351. The van der Waals surface area contributed by atoms with Gasteiger partial charge < -0.3 is 10.2 Å². The lowest BCUT2D eigenvalue weighted by atomic mass is 9.89. The molecule has 0 unspecified atom stereocenters. The molecule has 2 aromatic carbocycles. The smallest absolute Gasteiger partial charge is 0.241 e. The second-order valence-corrected chi connectivity index (χ2v) is 13.9. The number of benzene rings is 2. The number of nitrogens with one attached hydrogen (secondary N) is 2. The summed E-state index contributed by atoms with van der Waals surface area (Å²) in [7, 11) is 0. The number of H-pyrrole nitrogens is 1. The van der Waals surface area contributed by atoms with Crippen molar-refractivity contribution in [1.29, 1.82) is 0 Å². The minimum absolute atomic E-state index is 0.0304. The van der Waals surface area contributed by atoms with Crippen LogP contribution in [0.4, 0.5) is 5.69 Å². The van der Waals surface area contributed by atoms with Crippen molar-refractivity contribution in [2.45, 2.75) is 43.3 Å². The number of pyridine rings is 1. The summed E-state index contributed by atoms with van der Waals surface area (Å²) in [6.45, 7) is 5.15. The molecule has 10 nitrogen and oxygen atoms in total. The molecule has 2 aliphatic rings. The third-order valence-corrected chi connectivity index (χ3v) is 11.1. The highest BCUT2D eigenvalue weighted by atomic mass is 32.2. The number of hydrogen-bond donors (Lipinski definition) is 2. The summed E-state index contributed by atoms with van der Waals surface area (Å²) in [5.41, 5.74) is 6.77. The van der Waals surface area contributed by atoms with Crippen LogP contribution < -0.4 is 5.32 Å². The van der Waals surface area contributed by atoms with Gasteiger partial charge in [0.05, 0.1) is 12.1 Å². The lowest BCUT2D eigenvalue weighted by Crippen LogP contribution is -2.46. The summed E-state index contributed by atoms with van der Waals surface area (Å²) in [5.74, 6) is 1.26. The number of fused-ring (bicyclic) bond motifs is 1. The van der Waals surface area contributed by atoms with Gasteiger partial charge in [0.2, 0.25) is 11.8 Å². The van der Waals surface area contributed by atoms with E-state index in [-0.39, 0.29) is 11.8 Å². The van der Waals surface area contributed by atoms with E-state index in [0.29, 0.717) is 32.0 Å². The van der Waals surface area contributed by atoms with E-state index < -0.39 is 4.75 Å². The number of amides is 2. The maximum Gasteiger partial charge on any atom is 0.241 e. The molecule has 2 N–H and O–H groups in total. The van der Waals surface area contributed by atoms with Gasteiger partial charge in [-0.25, -0.2) is 9.97 Å². The summed E-state index contributed by atoms with van der Waals surface area (Å²) in [5, 5.41) is 11.8. The highest BCUT2D eigenvalue weighted by Gasteiger charge is 2.45. The van der Waals surface area contributed by atoms with E-state index in [9.17, 15) is 9.59 Å². The minimum Gasteiger partial charge on any atom is -0.342 e. The minimum atomic E-state index is -0.625. The highest BCUT2D eigenvalue weighted by molar-refractivity contribution is 8.00. The first-order valence-corrected chi connectivity index (χ1v) is 17.8. The van der Waals surface area contributed by atoms with Gasteiger partial charge in [0.15, 0.2) is 5.82 Å². The number of nitrogens with zero attached hydrogens (tertiary/aromatic N) is 6. The molecule has 246 valence electrons. The summed E-state index contributed by atoms with van der Waals surface area (Å²) in [6.07, 6.45) is 10.7. The van der Waals surface area contributed by atoms with Crippen LogP contribution >= 0.6 is 11.8 Å². The van der Waals surface area contributed by atoms with Crippen LogP contribution in [0.25, 0.3) is 33.5 Å². The van der Waals surface area contributed by atoms with Crippen LogP contribution in [-0.4, -0.2) is 90.5 Å². The van der Waals surface area contributed by atoms with E-state index in [4.69, 9.17) is 0 Å². The molecule has 5 aromatic rings. The predicted molar refractivity (Wildman–Crippen MR) is 191 cm³/mol. The summed E-state index contributed by atoms with van der Waals surface area (Å²) in [6, 6.07) is 20.2. The van der Waals surface area contributed by atoms with Gasteiger partial charge in [-0.2, -0.15) is 5.10 Å². The molecular formula is C37H40N8O2S. The van der Waals surface area contributed by atoms with Crippen molar-refractivity contribution in [1.82, 2.24) is 34.9 Å². The summed E-state index contributed by atoms with van der Waals surface area (Å²) in [4.78, 5) is 44.4. The first-order chi connectivity index (χ1) is 23.4. The van der Waals surface area contributed by atoms with Gasteiger partial charge in [0.25, 0.3) is 0 Å². The van der Waals surface area contributed by atoms with Gasteiger partial charge in [-0.3, -0.25) is 24.6 Å². The monoisotopic (exact) mass is 660 g/mol. The van der Waals surface area contributed by atoms with Crippen LogP contribution in [0.15, 0.2) is 79.3 Å². The summed E-state index contributed by atoms with van der Waals surface area (Å²) < 4.78 is -0.625. The zero-order valence-corrected chi connectivity index (χ0v) is 28.2. The normalized spacial score (nSPS) is 18.8. The Labute approximate surface area is 284 Å². The van der Waals surface area contributed by atoms with E-state index in [1.54, 1.807) is 24.2 Å². The molecule has 48 heavy (non-hydrogen) atoms. The molecule has 2 amide bonds. The molecule has 2 fully saturated rings. The Morgan fingerprint density at radius 2 is 1.75 bits per heavy atom. The number of aromatic nitrogens is 5. The van der Waals surface area contributed by atoms with Crippen molar-refractivity contribution in [2.24, 2.45) is 0 Å². The number of aryl methyl sites for hydroxylation is 1. The van der Waals surface area contributed by atoms with Crippen LogP contribution in [0, 0.1) is 0 Å². The SMILES string of the molecule is CCc1cc(-c2n[nH]c3ccc(NC(=O)[C@]4(SC)CCN(CC(=O)N5CCC(c6ccc(-c7ncccn7)cc6)CC5)C4)cc23)ccn1. The average molecular weight is 661 g/mol. The number of anilines is 1. The number of carbonyl (C=O) groups is 2. The number of piperidine rings is 1.